The zero-order valence-corrected chi connectivity index (χ0v) is 15.3. The van der Waals surface area contributed by atoms with Crippen LogP contribution in [0.25, 0.3) is 0 Å². The van der Waals surface area contributed by atoms with Crippen LogP contribution in [0.5, 0.6) is 0 Å². The number of esters is 1. The number of amides is 3. The molecule has 0 radical (unpaired) electrons. The average molecular weight is 394 g/mol. The van der Waals surface area contributed by atoms with E-state index in [1.54, 1.807) is 0 Å². The number of ketones is 1. The maximum absolute atomic E-state index is 13.6. The molecule has 1 saturated heterocycles. The van der Waals surface area contributed by atoms with Crippen LogP contribution >= 0.6 is 0 Å². The first-order valence-corrected chi connectivity index (χ1v) is 9.02. The summed E-state index contributed by atoms with van der Waals surface area (Å²) < 4.78 is 31.5. The molecule has 0 bridgehead atoms. The lowest BCUT2D eigenvalue weighted by Crippen LogP contribution is -2.54. The topological polar surface area (TPSA) is 92.8 Å². The largest absolute Gasteiger partial charge is 0.456 e. The molecule has 150 valence electrons. The normalized spacial score (nSPS) is 24.4. The predicted molar refractivity (Wildman–Crippen MR) is 92.3 cm³/mol. The second-order valence-corrected chi connectivity index (χ2v) is 7.15. The number of carbonyl (C=O) groups excluding carboxylic acids is 4. The van der Waals surface area contributed by atoms with Crippen LogP contribution < -0.4 is 5.32 Å². The molecule has 1 heterocycles. The number of nitrogens with zero attached hydrogens (tertiary/aromatic N) is 1. The van der Waals surface area contributed by atoms with Crippen molar-refractivity contribution in [2.45, 2.75) is 38.1 Å². The third-order valence-corrected chi connectivity index (χ3v) is 5.38. The van der Waals surface area contributed by atoms with Gasteiger partial charge in [0.2, 0.25) is 5.78 Å². The van der Waals surface area contributed by atoms with Gasteiger partial charge in [-0.25, -0.2) is 13.6 Å². The Balaban J connectivity index is 1.60. The van der Waals surface area contributed by atoms with Crippen molar-refractivity contribution in [3.8, 4) is 0 Å². The Labute approximate surface area is 160 Å². The quantitative estimate of drug-likeness (QED) is 0.470. The van der Waals surface area contributed by atoms with Gasteiger partial charge in [-0.3, -0.25) is 19.3 Å². The van der Waals surface area contributed by atoms with E-state index in [0.717, 1.165) is 36.3 Å². The highest BCUT2D eigenvalue weighted by Crippen LogP contribution is 2.38. The van der Waals surface area contributed by atoms with Gasteiger partial charge in [-0.15, -0.1) is 0 Å². The molecule has 9 heteroatoms. The summed E-state index contributed by atoms with van der Waals surface area (Å²) in [5, 5.41) is 2.70. The van der Waals surface area contributed by atoms with Crippen LogP contribution in [0.2, 0.25) is 0 Å². The van der Waals surface area contributed by atoms with Crippen molar-refractivity contribution < 1.29 is 32.7 Å². The van der Waals surface area contributed by atoms with Gasteiger partial charge in [0.1, 0.15) is 23.7 Å². The van der Waals surface area contributed by atoms with Crippen LogP contribution in [0.4, 0.5) is 13.6 Å². The molecule has 1 aliphatic carbocycles. The van der Waals surface area contributed by atoms with Gasteiger partial charge in [-0.05, 0) is 37.0 Å². The van der Waals surface area contributed by atoms with E-state index in [2.05, 4.69) is 5.32 Å². The lowest BCUT2D eigenvalue weighted by atomic mass is 9.73. The highest BCUT2D eigenvalue weighted by molar-refractivity contribution is 6.09. The summed E-state index contributed by atoms with van der Waals surface area (Å²) in [6.45, 7) is 0.397. The van der Waals surface area contributed by atoms with Gasteiger partial charge in [0.25, 0.3) is 5.91 Å². The van der Waals surface area contributed by atoms with Crippen molar-refractivity contribution in [2.24, 2.45) is 5.92 Å². The van der Waals surface area contributed by atoms with Gasteiger partial charge < -0.3 is 10.1 Å². The van der Waals surface area contributed by atoms with Crippen LogP contribution in [-0.2, 0) is 14.3 Å². The Morgan fingerprint density at radius 1 is 1.29 bits per heavy atom. The highest BCUT2D eigenvalue weighted by Gasteiger charge is 2.55. The average Bonchev–Trinajstić information content (AvgIpc) is 2.89. The van der Waals surface area contributed by atoms with Crippen LogP contribution in [0, 0.1) is 17.6 Å². The SMILES string of the molecule is C[C@H]1CCCC[C@@]12NC(=O)N(CC(=O)OCC(=O)c1cc(F)ccc1F)C2=O. The van der Waals surface area contributed by atoms with E-state index in [1.807, 2.05) is 6.92 Å². The standard InChI is InChI=1S/C19H20F2N2O5/c1-11-4-2-3-7-19(11)17(26)23(18(27)22-19)9-16(25)28-10-15(24)13-8-12(20)5-6-14(13)21/h5-6,8,11H,2-4,7,9-10H2,1H3,(H,22,27)/t11-,19+/m0/s1. The summed E-state index contributed by atoms with van der Waals surface area (Å²) >= 11 is 0. The lowest BCUT2D eigenvalue weighted by Gasteiger charge is -2.36. The van der Waals surface area contributed by atoms with Gasteiger partial charge in [0, 0.05) is 0 Å². The maximum Gasteiger partial charge on any atom is 0.326 e. The molecule has 0 aromatic heterocycles. The Morgan fingerprint density at radius 2 is 2.04 bits per heavy atom. The third-order valence-electron chi connectivity index (χ3n) is 5.38. The van der Waals surface area contributed by atoms with Crippen LogP contribution in [0.1, 0.15) is 43.0 Å². The highest BCUT2D eigenvalue weighted by atomic mass is 19.1. The first-order chi connectivity index (χ1) is 13.2. The van der Waals surface area contributed by atoms with Gasteiger partial charge in [-0.2, -0.15) is 0 Å². The summed E-state index contributed by atoms with van der Waals surface area (Å²) in [5.41, 5.74) is -1.55. The van der Waals surface area contributed by atoms with Crippen molar-refractivity contribution in [2.75, 3.05) is 13.2 Å². The molecule has 2 atom stereocenters. The molecule has 0 unspecified atom stereocenters. The van der Waals surface area contributed by atoms with E-state index < -0.39 is 59.6 Å². The van der Waals surface area contributed by atoms with Gasteiger partial charge in [0.05, 0.1) is 5.56 Å². The van der Waals surface area contributed by atoms with Crippen molar-refractivity contribution in [1.82, 2.24) is 10.2 Å². The number of rotatable bonds is 5. The Hall–Kier alpha value is -2.84. The van der Waals surface area contributed by atoms with Crippen molar-refractivity contribution in [3.63, 3.8) is 0 Å². The minimum atomic E-state index is -1.00. The fourth-order valence-electron chi connectivity index (χ4n) is 3.75. The second kappa shape index (κ2) is 7.65. The summed E-state index contributed by atoms with van der Waals surface area (Å²) in [6, 6.07) is 1.68. The second-order valence-electron chi connectivity index (χ2n) is 7.15. The Morgan fingerprint density at radius 3 is 2.75 bits per heavy atom. The minimum Gasteiger partial charge on any atom is -0.456 e. The van der Waals surface area contributed by atoms with Crippen LogP contribution in [0.15, 0.2) is 18.2 Å². The summed E-state index contributed by atoms with van der Waals surface area (Å²) in [4.78, 5) is 49.7. The molecule has 28 heavy (non-hydrogen) atoms. The number of benzene rings is 1. The van der Waals surface area contributed by atoms with Crippen LogP contribution in [-0.4, -0.2) is 47.3 Å². The van der Waals surface area contributed by atoms with Crippen molar-refractivity contribution in [1.29, 1.82) is 0 Å². The van der Waals surface area contributed by atoms with Gasteiger partial charge >= 0.3 is 12.0 Å². The van der Waals surface area contributed by atoms with Crippen molar-refractivity contribution >= 4 is 23.7 Å². The number of urea groups is 1. The molecule has 1 N–H and O–H groups in total. The smallest absolute Gasteiger partial charge is 0.326 e. The van der Waals surface area contributed by atoms with Crippen molar-refractivity contribution in [3.05, 3.63) is 35.4 Å². The maximum atomic E-state index is 13.6. The molecule has 1 aromatic rings. The monoisotopic (exact) mass is 394 g/mol. The third kappa shape index (κ3) is 3.61. The first-order valence-electron chi connectivity index (χ1n) is 9.02. The fourth-order valence-corrected chi connectivity index (χ4v) is 3.75. The molecule has 2 aliphatic rings. The summed E-state index contributed by atoms with van der Waals surface area (Å²) in [7, 11) is 0. The molecular formula is C19H20F2N2O5. The molecule has 7 nitrogen and oxygen atoms in total. The summed E-state index contributed by atoms with van der Waals surface area (Å²) in [6.07, 6.45) is 3.05. The number of halogens is 2. The van der Waals surface area contributed by atoms with Crippen LogP contribution in [0.3, 0.4) is 0 Å². The molecule has 3 amide bonds. The Kier molecular flexibility index (Phi) is 5.44. The number of imide groups is 1. The zero-order chi connectivity index (χ0) is 20.5. The number of Topliss-reactive ketones (excluding diaryl/α,β-unsaturated/α-hetero) is 1. The van der Waals surface area contributed by atoms with E-state index >= 15 is 0 Å². The molecular weight excluding hydrogens is 374 g/mol. The van der Waals surface area contributed by atoms with Gasteiger partial charge in [0.15, 0.2) is 6.61 Å². The zero-order valence-electron chi connectivity index (χ0n) is 15.3. The van der Waals surface area contributed by atoms with E-state index in [-0.39, 0.29) is 5.92 Å². The number of hydrogen-bond donors (Lipinski definition) is 1. The van der Waals surface area contributed by atoms with E-state index in [0.29, 0.717) is 12.5 Å². The number of nitrogens with one attached hydrogen (secondary N) is 1. The first kappa shape index (κ1) is 19.9. The van der Waals surface area contributed by atoms with Gasteiger partial charge in [-0.1, -0.05) is 19.8 Å². The number of ether oxygens (including phenoxy) is 1. The predicted octanol–water partition coefficient (Wildman–Crippen LogP) is 2.19. The van der Waals surface area contributed by atoms with E-state index in [9.17, 15) is 28.0 Å². The fraction of sp³-hybridized carbons (Fsp3) is 0.474. The Bertz CT molecular complexity index is 844. The minimum absolute atomic E-state index is 0.0590. The number of hydrogen-bond acceptors (Lipinski definition) is 5. The summed E-state index contributed by atoms with van der Waals surface area (Å²) in [5.74, 6) is -4.21. The lowest BCUT2D eigenvalue weighted by molar-refractivity contribution is -0.147. The van der Waals surface area contributed by atoms with E-state index in [1.165, 1.54) is 0 Å². The molecule has 3 rings (SSSR count). The molecule has 2 fully saturated rings. The van der Waals surface area contributed by atoms with E-state index in [4.69, 9.17) is 4.74 Å². The molecule has 1 saturated carbocycles. The molecule has 1 spiro atoms. The molecule has 1 aromatic carbocycles. The number of carbonyl (C=O) groups is 4. The molecule has 1 aliphatic heterocycles.